The maximum Gasteiger partial charge on any atom is 0.522 e. The van der Waals surface area contributed by atoms with E-state index in [4.69, 9.17) is 13.0 Å². The van der Waals surface area contributed by atoms with Gasteiger partial charge in [-0.05, 0) is 13.2 Å². The van der Waals surface area contributed by atoms with Gasteiger partial charge >= 0.3 is 15.6 Å². The van der Waals surface area contributed by atoms with Gasteiger partial charge < -0.3 is 0 Å². The average molecular weight is 297 g/mol. The Morgan fingerprint density at radius 3 is 2.12 bits per heavy atom. The Labute approximate surface area is 99.8 Å². The van der Waals surface area contributed by atoms with Gasteiger partial charge in [-0.1, -0.05) is 11.8 Å². The quantitative estimate of drug-likeness (QED) is 0.548. The van der Waals surface area contributed by atoms with Crippen LogP contribution in [0.5, 0.6) is 0 Å². The molecule has 1 aliphatic rings. The molecule has 0 unspecified atom stereocenters. The number of thioether (sulfide) groups is 2. The zero-order chi connectivity index (χ0) is 13.0. The van der Waals surface area contributed by atoms with E-state index in [0.29, 0.717) is 6.04 Å². The maximum atomic E-state index is 10.7. The summed E-state index contributed by atoms with van der Waals surface area (Å²) in [5.74, 6) is 1.18. The summed E-state index contributed by atoms with van der Waals surface area (Å²) in [6, 6.07) is 0.558. The highest BCUT2D eigenvalue weighted by Crippen LogP contribution is 2.23. The van der Waals surface area contributed by atoms with Crippen LogP contribution < -0.4 is 0 Å². The number of hydrogen-bond acceptors (Lipinski definition) is 5. The van der Waals surface area contributed by atoms with E-state index in [2.05, 4.69) is 18.2 Å². The highest BCUT2D eigenvalue weighted by Gasteiger charge is 2.44. The minimum Gasteiger partial charge on any atom is -0.279 e. The monoisotopic (exact) mass is 297 g/mol. The summed E-state index contributed by atoms with van der Waals surface area (Å²) in [4.78, 5) is 4.35. The Hall–Kier alpha value is 0.0700. The van der Waals surface area contributed by atoms with Crippen LogP contribution in [0.2, 0.25) is 0 Å². The van der Waals surface area contributed by atoms with Gasteiger partial charge in [-0.3, -0.25) is 9.55 Å². The summed E-state index contributed by atoms with van der Waals surface area (Å²) in [6.45, 7) is 2.15. The molecule has 0 aromatic heterocycles. The first kappa shape index (κ1) is 16.1. The van der Waals surface area contributed by atoms with Crippen molar-refractivity contribution in [1.82, 2.24) is 0 Å². The van der Waals surface area contributed by atoms with Crippen LogP contribution in [0.3, 0.4) is 0 Å². The summed E-state index contributed by atoms with van der Waals surface area (Å²) < 4.78 is 58.8. The molecule has 0 spiro atoms. The molecule has 0 amide bonds. The molecule has 0 aromatic carbocycles. The standard InChI is InChI=1S/C5H9NS2.CHF3O3S/c1-4-3-8-5(6-4)7-2;2-1(3,4)8(5,6)7/h4H,3H2,1-2H3;(H,5,6,7)/t4-;/m0./s1. The smallest absolute Gasteiger partial charge is 0.279 e. The van der Waals surface area contributed by atoms with Crippen molar-refractivity contribution in [3.8, 4) is 0 Å². The van der Waals surface area contributed by atoms with Gasteiger partial charge in [0, 0.05) is 5.75 Å². The van der Waals surface area contributed by atoms with E-state index in [0.717, 1.165) is 0 Å². The van der Waals surface area contributed by atoms with Crippen LogP contribution in [0.1, 0.15) is 6.92 Å². The number of rotatable bonds is 0. The Morgan fingerprint density at radius 2 is 2.00 bits per heavy atom. The van der Waals surface area contributed by atoms with Crippen LogP contribution in [0.25, 0.3) is 0 Å². The first-order chi connectivity index (χ1) is 7.08. The Kier molecular flexibility index (Phi) is 6.15. The van der Waals surface area contributed by atoms with Crippen molar-refractivity contribution < 1.29 is 26.1 Å². The molecule has 4 nitrogen and oxygen atoms in total. The molecule has 0 fully saturated rings. The van der Waals surface area contributed by atoms with Crippen LogP contribution in [0.4, 0.5) is 13.2 Å². The Morgan fingerprint density at radius 1 is 1.56 bits per heavy atom. The van der Waals surface area contributed by atoms with Crippen molar-refractivity contribution in [1.29, 1.82) is 0 Å². The van der Waals surface area contributed by atoms with Gasteiger partial charge in [0.15, 0.2) is 0 Å². The van der Waals surface area contributed by atoms with Gasteiger partial charge in [0.05, 0.1) is 6.04 Å². The predicted molar refractivity (Wildman–Crippen MR) is 60.5 cm³/mol. The van der Waals surface area contributed by atoms with Crippen LogP contribution in [0, 0.1) is 0 Å². The average Bonchev–Trinajstić information content (AvgIpc) is 2.48. The normalized spacial score (nSPS) is 21.1. The fraction of sp³-hybridized carbons (Fsp3) is 0.833. The molecule has 1 heterocycles. The van der Waals surface area contributed by atoms with Gasteiger partial charge in [0.25, 0.3) is 0 Å². The van der Waals surface area contributed by atoms with E-state index < -0.39 is 15.6 Å². The minimum atomic E-state index is -5.84. The molecular weight excluding hydrogens is 287 g/mol. The lowest BCUT2D eigenvalue weighted by atomic mass is 10.4. The fourth-order valence-corrected chi connectivity index (χ4v) is 2.23. The number of hydrogen-bond donors (Lipinski definition) is 1. The second kappa shape index (κ2) is 6.12. The van der Waals surface area contributed by atoms with Crippen molar-refractivity contribution in [3.05, 3.63) is 0 Å². The lowest BCUT2D eigenvalue weighted by Gasteiger charge is -1.97. The lowest BCUT2D eigenvalue weighted by Crippen LogP contribution is -2.21. The number of halogens is 3. The molecule has 0 aromatic rings. The van der Waals surface area contributed by atoms with Crippen LogP contribution >= 0.6 is 23.5 Å². The molecule has 1 aliphatic heterocycles. The predicted octanol–water partition coefficient (Wildman–Crippen LogP) is 2.23. The van der Waals surface area contributed by atoms with Gasteiger partial charge in [-0.15, -0.1) is 11.8 Å². The second-order valence-electron chi connectivity index (χ2n) is 2.68. The van der Waals surface area contributed by atoms with Gasteiger partial charge in [-0.2, -0.15) is 21.6 Å². The van der Waals surface area contributed by atoms with Crippen LogP contribution in [0.15, 0.2) is 4.99 Å². The molecule has 0 bridgehead atoms. The third-order valence-corrected chi connectivity index (χ3v) is 4.14. The third kappa shape index (κ3) is 5.97. The molecule has 10 heteroatoms. The molecule has 0 radical (unpaired) electrons. The van der Waals surface area contributed by atoms with Crippen molar-refractivity contribution in [2.45, 2.75) is 18.5 Å². The van der Waals surface area contributed by atoms with E-state index >= 15 is 0 Å². The summed E-state index contributed by atoms with van der Waals surface area (Å²) in [5.41, 5.74) is -5.53. The molecule has 1 atom stereocenters. The van der Waals surface area contributed by atoms with Crippen molar-refractivity contribution >= 4 is 38.0 Å². The topological polar surface area (TPSA) is 66.7 Å². The van der Waals surface area contributed by atoms with E-state index in [-0.39, 0.29) is 0 Å². The number of aliphatic imine (C=N–C) groups is 1. The maximum absolute atomic E-state index is 10.7. The molecule has 1 N–H and O–H groups in total. The lowest BCUT2D eigenvalue weighted by molar-refractivity contribution is -0.0510. The van der Waals surface area contributed by atoms with Gasteiger partial charge in [-0.25, -0.2) is 0 Å². The van der Waals surface area contributed by atoms with Crippen molar-refractivity contribution in [3.63, 3.8) is 0 Å². The fourth-order valence-electron chi connectivity index (χ4n) is 0.558. The molecule has 1 rings (SSSR count). The third-order valence-electron chi connectivity index (χ3n) is 1.24. The summed E-state index contributed by atoms with van der Waals surface area (Å²) in [6.07, 6.45) is 2.07. The highest BCUT2D eigenvalue weighted by molar-refractivity contribution is 8.38. The molecule has 0 aliphatic carbocycles. The zero-order valence-corrected chi connectivity index (χ0v) is 10.8. The SMILES string of the molecule is CSC1=N[C@@H](C)CS1.O=S(=O)(O)C(F)(F)F. The highest BCUT2D eigenvalue weighted by atomic mass is 32.2. The number of nitrogens with zero attached hydrogens (tertiary/aromatic N) is 1. The number of alkyl halides is 3. The first-order valence-corrected chi connectivity index (χ1v) is 7.51. The summed E-state index contributed by atoms with van der Waals surface area (Å²) in [5, 5.41) is 0. The Bertz CT molecular complexity index is 352. The van der Waals surface area contributed by atoms with Crippen LogP contribution in [-0.2, 0) is 10.1 Å². The zero-order valence-electron chi connectivity index (χ0n) is 8.35. The van der Waals surface area contributed by atoms with Crippen molar-refractivity contribution in [2.24, 2.45) is 4.99 Å². The van der Waals surface area contributed by atoms with Crippen LogP contribution in [-0.4, -0.2) is 40.9 Å². The van der Waals surface area contributed by atoms with E-state index in [1.807, 2.05) is 11.8 Å². The van der Waals surface area contributed by atoms with E-state index in [1.165, 1.54) is 10.1 Å². The second-order valence-corrected chi connectivity index (χ2v) is 6.16. The molecule has 16 heavy (non-hydrogen) atoms. The van der Waals surface area contributed by atoms with Gasteiger partial charge in [0.2, 0.25) is 0 Å². The largest absolute Gasteiger partial charge is 0.522 e. The minimum absolute atomic E-state index is 0.558. The van der Waals surface area contributed by atoms with Gasteiger partial charge in [0.1, 0.15) is 4.38 Å². The van der Waals surface area contributed by atoms with E-state index in [9.17, 15) is 13.2 Å². The van der Waals surface area contributed by atoms with E-state index in [1.54, 1.807) is 11.8 Å². The first-order valence-electron chi connectivity index (χ1n) is 3.86. The summed E-state index contributed by atoms with van der Waals surface area (Å²) in [7, 11) is -5.84. The Balaban J connectivity index is 0.000000281. The molecular formula is C6H10F3NO3S3. The molecule has 0 saturated carbocycles. The summed E-state index contributed by atoms with van der Waals surface area (Å²) >= 11 is 3.61. The molecule has 96 valence electrons. The van der Waals surface area contributed by atoms with Crippen molar-refractivity contribution in [2.75, 3.05) is 12.0 Å². The molecule has 0 saturated heterocycles.